The highest BCUT2D eigenvalue weighted by atomic mass is 35.5. The number of halogens is 3. The summed E-state index contributed by atoms with van der Waals surface area (Å²) in [6.45, 7) is 1.95. The largest absolute Gasteiger partial charge is 0.385 e. The van der Waals surface area contributed by atoms with Crippen LogP contribution in [0.2, 0.25) is 10.0 Å². The van der Waals surface area contributed by atoms with Crippen LogP contribution in [-0.2, 0) is 17.8 Å². The molecule has 5 nitrogen and oxygen atoms in total. The van der Waals surface area contributed by atoms with Crippen LogP contribution in [0.1, 0.15) is 17.7 Å². The summed E-state index contributed by atoms with van der Waals surface area (Å²) in [5.41, 5.74) is 2.35. The van der Waals surface area contributed by atoms with Gasteiger partial charge in [-0.25, -0.2) is 9.18 Å². The van der Waals surface area contributed by atoms with Gasteiger partial charge in [-0.15, -0.1) is 0 Å². The molecule has 1 aromatic heterocycles. The molecule has 0 atom stereocenters. The number of ether oxygens (including phenoxy) is 1. The Labute approximate surface area is 191 Å². The number of nitrogens with one attached hydrogen (secondary N) is 1. The molecule has 2 aromatic carbocycles. The molecule has 3 rings (SSSR count). The normalized spacial score (nSPS) is 10.8. The third-order valence-electron chi connectivity index (χ3n) is 4.75. The summed E-state index contributed by atoms with van der Waals surface area (Å²) in [5, 5.41) is 3.66. The average Bonchev–Trinajstić information content (AvgIpc) is 3.16. The first-order valence-electron chi connectivity index (χ1n) is 9.84. The third kappa shape index (κ3) is 6.72. The zero-order chi connectivity index (χ0) is 22.2. The molecule has 0 radical (unpaired) electrons. The van der Waals surface area contributed by atoms with Crippen molar-refractivity contribution in [3.8, 4) is 0 Å². The summed E-state index contributed by atoms with van der Waals surface area (Å²) in [6, 6.07) is 15.1. The topological polar surface area (TPSA) is 46.5 Å². The second kappa shape index (κ2) is 11.2. The molecule has 2 amide bonds. The molecule has 1 N–H and O–H groups in total. The molecule has 164 valence electrons. The number of rotatable bonds is 9. The van der Waals surface area contributed by atoms with Gasteiger partial charge < -0.3 is 19.5 Å². The number of urea groups is 1. The van der Waals surface area contributed by atoms with Gasteiger partial charge in [0.25, 0.3) is 0 Å². The predicted octanol–water partition coefficient (Wildman–Crippen LogP) is 6.05. The Balaban J connectivity index is 1.74. The maximum atomic E-state index is 13.5. The van der Waals surface area contributed by atoms with E-state index in [9.17, 15) is 9.18 Å². The number of methoxy groups -OCH3 is 1. The molecule has 0 aliphatic heterocycles. The molecule has 0 spiro atoms. The SMILES string of the molecule is COCCCN(Cc1cccn1Cc1cccc(F)c1)C(=O)Nc1ccc(Cl)c(Cl)c1. The van der Waals surface area contributed by atoms with Crippen molar-refractivity contribution in [2.45, 2.75) is 19.5 Å². The summed E-state index contributed by atoms with van der Waals surface area (Å²) in [5.74, 6) is -0.270. The molecule has 8 heteroatoms. The lowest BCUT2D eigenvalue weighted by molar-refractivity contribution is 0.171. The van der Waals surface area contributed by atoms with Crippen molar-refractivity contribution in [1.29, 1.82) is 0 Å². The lowest BCUT2D eigenvalue weighted by Gasteiger charge is -2.24. The van der Waals surface area contributed by atoms with Gasteiger partial charge in [-0.2, -0.15) is 0 Å². The minimum absolute atomic E-state index is 0.256. The fraction of sp³-hybridized carbons (Fsp3) is 0.261. The molecule has 0 fully saturated rings. The maximum absolute atomic E-state index is 13.5. The van der Waals surface area contributed by atoms with Gasteiger partial charge in [-0.3, -0.25) is 0 Å². The van der Waals surface area contributed by atoms with Crippen LogP contribution in [0.15, 0.2) is 60.8 Å². The van der Waals surface area contributed by atoms with Crippen molar-refractivity contribution >= 4 is 34.9 Å². The molecule has 0 saturated carbocycles. The first kappa shape index (κ1) is 23.1. The van der Waals surface area contributed by atoms with Crippen LogP contribution in [-0.4, -0.2) is 35.8 Å². The summed E-state index contributed by atoms with van der Waals surface area (Å²) in [4.78, 5) is 14.7. The van der Waals surface area contributed by atoms with Crippen LogP contribution in [0, 0.1) is 5.82 Å². The average molecular weight is 464 g/mol. The highest BCUT2D eigenvalue weighted by molar-refractivity contribution is 6.42. The fourth-order valence-electron chi connectivity index (χ4n) is 3.20. The van der Waals surface area contributed by atoms with Crippen LogP contribution in [0.5, 0.6) is 0 Å². The number of amides is 2. The number of hydrogen-bond acceptors (Lipinski definition) is 2. The van der Waals surface area contributed by atoms with Crippen LogP contribution in [0.3, 0.4) is 0 Å². The Morgan fingerprint density at radius 1 is 1.13 bits per heavy atom. The van der Waals surface area contributed by atoms with Gasteiger partial charge in [0, 0.05) is 44.4 Å². The van der Waals surface area contributed by atoms with Crippen molar-refractivity contribution in [2.75, 3.05) is 25.6 Å². The zero-order valence-corrected chi connectivity index (χ0v) is 18.7. The van der Waals surface area contributed by atoms with Gasteiger partial charge in [0.05, 0.1) is 16.6 Å². The van der Waals surface area contributed by atoms with E-state index in [1.54, 1.807) is 36.3 Å². The fourth-order valence-corrected chi connectivity index (χ4v) is 3.50. The molecule has 3 aromatic rings. The van der Waals surface area contributed by atoms with Crippen molar-refractivity contribution < 1.29 is 13.9 Å². The van der Waals surface area contributed by atoms with E-state index >= 15 is 0 Å². The highest BCUT2D eigenvalue weighted by Crippen LogP contribution is 2.25. The monoisotopic (exact) mass is 463 g/mol. The Kier molecular flexibility index (Phi) is 8.35. The first-order chi connectivity index (χ1) is 15.0. The van der Waals surface area contributed by atoms with E-state index in [0.29, 0.717) is 48.4 Å². The molecule has 0 bridgehead atoms. The minimum atomic E-state index is -0.270. The van der Waals surface area contributed by atoms with Crippen LogP contribution in [0.4, 0.5) is 14.9 Å². The van der Waals surface area contributed by atoms with E-state index in [0.717, 1.165) is 11.3 Å². The number of carbonyl (C=O) groups excluding carboxylic acids is 1. The molecule has 31 heavy (non-hydrogen) atoms. The molecule has 0 aliphatic rings. The second-order valence-electron chi connectivity index (χ2n) is 7.08. The maximum Gasteiger partial charge on any atom is 0.322 e. The molecular formula is C23H24Cl2FN3O2. The van der Waals surface area contributed by atoms with E-state index in [1.165, 1.54) is 12.1 Å². The summed E-state index contributed by atoms with van der Waals surface area (Å²) < 4.78 is 20.7. The lowest BCUT2D eigenvalue weighted by Crippen LogP contribution is -2.36. The quantitative estimate of drug-likeness (QED) is 0.392. The summed E-state index contributed by atoms with van der Waals surface area (Å²) >= 11 is 12.0. The lowest BCUT2D eigenvalue weighted by atomic mass is 10.2. The van der Waals surface area contributed by atoms with Crippen LogP contribution < -0.4 is 5.32 Å². The minimum Gasteiger partial charge on any atom is -0.385 e. The van der Waals surface area contributed by atoms with Gasteiger partial charge in [-0.1, -0.05) is 35.3 Å². The molecule has 0 saturated heterocycles. The molecule has 0 unspecified atom stereocenters. The number of carbonyl (C=O) groups is 1. The second-order valence-corrected chi connectivity index (χ2v) is 7.90. The van der Waals surface area contributed by atoms with E-state index in [-0.39, 0.29) is 11.8 Å². The van der Waals surface area contributed by atoms with Gasteiger partial charge in [0.15, 0.2) is 0 Å². The van der Waals surface area contributed by atoms with E-state index in [1.807, 2.05) is 29.0 Å². The van der Waals surface area contributed by atoms with Crippen molar-refractivity contribution in [3.63, 3.8) is 0 Å². The summed E-state index contributed by atoms with van der Waals surface area (Å²) in [6.07, 6.45) is 2.61. The molecule has 0 aliphatic carbocycles. The zero-order valence-electron chi connectivity index (χ0n) is 17.2. The Bertz CT molecular complexity index is 1030. The first-order valence-corrected chi connectivity index (χ1v) is 10.6. The molecular weight excluding hydrogens is 440 g/mol. The van der Waals surface area contributed by atoms with E-state index < -0.39 is 0 Å². The van der Waals surface area contributed by atoms with Crippen LogP contribution >= 0.6 is 23.2 Å². The van der Waals surface area contributed by atoms with E-state index in [4.69, 9.17) is 27.9 Å². The van der Waals surface area contributed by atoms with Gasteiger partial charge in [-0.05, 0) is 54.4 Å². The molecule has 1 heterocycles. The number of anilines is 1. The Morgan fingerprint density at radius 2 is 1.97 bits per heavy atom. The van der Waals surface area contributed by atoms with Gasteiger partial charge in [0.1, 0.15) is 5.82 Å². The van der Waals surface area contributed by atoms with E-state index in [2.05, 4.69) is 5.32 Å². The van der Waals surface area contributed by atoms with Crippen LogP contribution in [0.25, 0.3) is 0 Å². The standard InChI is InChI=1S/C23H24Cl2FN3O2/c1-31-12-4-11-29(23(30)27-19-8-9-21(24)22(25)14-19)16-20-7-3-10-28(20)15-17-5-2-6-18(26)13-17/h2-3,5-10,13-14H,4,11-12,15-16H2,1H3,(H,27,30). The number of nitrogens with zero attached hydrogens (tertiary/aromatic N) is 2. The highest BCUT2D eigenvalue weighted by Gasteiger charge is 2.16. The number of hydrogen-bond donors (Lipinski definition) is 1. The van der Waals surface area contributed by atoms with Gasteiger partial charge in [0.2, 0.25) is 0 Å². The van der Waals surface area contributed by atoms with Crippen molar-refractivity contribution in [2.24, 2.45) is 0 Å². The number of aromatic nitrogens is 1. The Morgan fingerprint density at radius 3 is 2.71 bits per heavy atom. The van der Waals surface area contributed by atoms with Gasteiger partial charge >= 0.3 is 6.03 Å². The van der Waals surface area contributed by atoms with Crippen molar-refractivity contribution in [1.82, 2.24) is 9.47 Å². The number of benzene rings is 2. The van der Waals surface area contributed by atoms with Crippen molar-refractivity contribution in [3.05, 3.63) is 87.9 Å². The third-order valence-corrected chi connectivity index (χ3v) is 5.49. The summed E-state index contributed by atoms with van der Waals surface area (Å²) in [7, 11) is 1.63. The predicted molar refractivity (Wildman–Crippen MR) is 122 cm³/mol. The smallest absolute Gasteiger partial charge is 0.322 e. The Hall–Kier alpha value is -2.54.